The Morgan fingerprint density at radius 3 is 2.71 bits per heavy atom. The van der Waals surface area contributed by atoms with Crippen LogP contribution in [0.1, 0.15) is 18.4 Å². The zero-order chi connectivity index (χ0) is 15.2. The summed E-state index contributed by atoms with van der Waals surface area (Å²) in [6.07, 6.45) is 2.02. The number of carbonyl (C=O) groups is 2. The monoisotopic (exact) mass is 291 g/mol. The maximum absolute atomic E-state index is 12.1. The second-order valence-electron chi connectivity index (χ2n) is 5.38. The Labute approximate surface area is 123 Å². The number of hydrogen-bond acceptors (Lipinski definition) is 3. The van der Waals surface area contributed by atoms with Crippen LogP contribution in [0.25, 0.3) is 0 Å². The van der Waals surface area contributed by atoms with Crippen molar-refractivity contribution in [2.45, 2.75) is 31.3 Å². The fourth-order valence-electron chi connectivity index (χ4n) is 2.48. The molecule has 1 aromatic rings. The molecule has 2 rings (SSSR count). The first-order chi connectivity index (χ1) is 10.1. The predicted octanol–water partition coefficient (Wildman–Crippen LogP) is 0.815. The summed E-state index contributed by atoms with van der Waals surface area (Å²) in [4.78, 5) is 25.1. The highest BCUT2D eigenvalue weighted by molar-refractivity contribution is 5.82. The number of amides is 2. The Bertz CT molecular complexity index is 492. The van der Waals surface area contributed by atoms with Crippen LogP contribution in [0.3, 0.4) is 0 Å². The van der Waals surface area contributed by atoms with E-state index in [1.54, 1.807) is 4.90 Å². The smallest absolute Gasteiger partial charge is 0.326 e. The summed E-state index contributed by atoms with van der Waals surface area (Å²) >= 11 is 0. The molecule has 4 N–H and O–H groups in total. The highest BCUT2D eigenvalue weighted by atomic mass is 16.4. The van der Waals surface area contributed by atoms with Gasteiger partial charge >= 0.3 is 12.0 Å². The third-order valence-electron chi connectivity index (χ3n) is 3.62. The minimum atomic E-state index is -1.03. The van der Waals surface area contributed by atoms with Gasteiger partial charge in [0, 0.05) is 25.6 Å². The van der Waals surface area contributed by atoms with E-state index in [-0.39, 0.29) is 18.5 Å². The Balaban J connectivity index is 1.96. The van der Waals surface area contributed by atoms with Crippen molar-refractivity contribution in [1.82, 2.24) is 10.2 Å². The van der Waals surface area contributed by atoms with Gasteiger partial charge in [-0.25, -0.2) is 9.59 Å². The van der Waals surface area contributed by atoms with Crippen molar-refractivity contribution < 1.29 is 14.7 Å². The van der Waals surface area contributed by atoms with E-state index in [9.17, 15) is 14.7 Å². The summed E-state index contributed by atoms with van der Waals surface area (Å²) in [7, 11) is 0. The topological polar surface area (TPSA) is 95.7 Å². The first kappa shape index (κ1) is 15.3. The van der Waals surface area contributed by atoms with Crippen molar-refractivity contribution in [2.75, 3.05) is 13.1 Å². The van der Waals surface area contributed by atoms with E-state index in [1.165, 1.54) is 0 Å². The van der Waals surface area contributed by atoms with E-state index in [2.05, 4.69) is 5.32 Å². The molecule has 1 saturated heterocycles. The van der Waals surface area contributed by atoms with Crippen molar-refractivity contribution >= 4 is 12.0 Å². The highest BCUT2D eigenvalue weighted by Gasteiger charge is 2.26. The molecular formula is C15H21N3O3. The summed E-state index contributed by atoms with van der Waals surface area (Å²) in [5, 5.41) is 11.9. The Morgan fingerprint density at radius 1 is 1.38 bits per heavy atom. The van der Waals surface area contributed by atoms with E-state index in [4.69, 9.17) is 5.73 Å². The predicted molar refractivity (Wildman–Crippen MR) is 78.9 cm³/mol. The lowest BCUT2D eigenvalue weighted by Gasteiger charge is -2.31. The minimum Gasteiger partial charge on any atom is -0.480 e. The molecule has 1 aliphatic heterocycles. The average molecular weight is 291 g/mol. The zero-order valence-electron chi connectivity index (χ0n) is 11.9. The number of piperidine rings is 1. The summed E-state index contributed by atoms with van der Waals surface area (Å²) in [6, 6.07) is 7.94. The fraction of sp³-hybridized carbons (Fsp3) is 0.467. The van der Waals surface area contributed by atoms with Crippen LogP contribution in [0.5, 0.6) is 0 Å². The summed E-state index contributed by atoms with van der Waals surface area (Å²) in [5.41, 5.74) is 6.71. The van der Waals surface area contributed by atoms with Gasteiger partial charge in [-0.05, 0) is 18.4 Å². The molecular weight excluding hydrogens is 270 g/mol. The Morgan fingerprint density at radius 2 is 2.10 bits per heavy atom. The molecule has 1 aromatic carbocycles. The molecule has 0 saturated carbocycles. The summed E-state index contributed by atoms with van der Waals surface area (Å²) in [5.74, 6) is -1.03. The third kappa shape index (κ3) is 4.46. The molecule has 21 heavy (non-hydrogen) atoms. The third-order valence-corrected chi connectivity index (χ3v) is 3.62. The quantitative estimate of drug-likeness (QED) is 0.765. The van der Waals surface area contributed by atoms with E-state index in [0.29, 0.717) is 13.1 Å². The van der Waals surface area contributed by atoms with Crippen LogP contribution in [0.15, 0.2) is 30.3 Å². The van der Waals surface area contributed by atoms with Crippen LogP contribution < -0.4 is 11.1 Å². The maximum Gasteiger partial charge on any atom is 0.326 e. The average Bonchev–Trinajstić information content (AvgIpc) is 2.47. The number of nitrogens with zero attached hydrogens (tertiary/aromatic N) is 1. The number of benzene rings is 1. The second-order valence-corrected chi connectivity index (χ2v) is 5.38. The lowest BCUT2D eigenvalue weighted by molar-refractivity contribution is -0.139. The van der Waals surface area contributed by atoms with Gasteiger partial charge in [0.05, 0.1) is 0 Å². The second kappa shape index (κ2) is 7.08. The van der Waals surface area contributed by atoms with Gasteiger partial charge in [-0.3, -0.25) is 0 Å². The van der Waals surface area contributed by atoms with Gasteiger partial charge in [0.25, 0.3) is 0 Å². The minimum absolute atomic E-state index is 0.0260. The normalized spacial score (nSPS) is 19.9. The molecule has 0 bridgehead atoms. The number of urea groups is 1. The molecule has 6 nitrogen and oxygen atoms in total. The molecule has 0 aliphatic carbocycles. The lowest BCUT2D eigenvalue weighted by Crippen LogP contribution is -2.53. The van der Waals surface area contributed by atoms with Crippen molar-refractivity contribution in [3.8, 4) is 0 Å². The van der Waals surface area contributed by atoms with Gasteiger partial charge in [-0.15, -0.1) is 0 Å². The number of aliphatic carboxylic acids is 1. The van der Waals surface area contributed by atoms with Gasteiger partial charge in [-0.2, -0.15) is 0 Å². The van der Waals surface area contributed by atoms with Crippen molar-refractivity contribution in [2.24, 2.45) is 5.73 Å². The van der Waals surface area contributed by atoms with Gasteiger partial charge < -0.3 is 21.1 Å². The molecule has 0 radical (unpaired) electrons. The van der Waals surface area contributed by atoms with Crippen molar-refractivity contribution in [3.05, 3.63) is 35.9 Å². The number of nitrogens with two attached hydrogens (primary N) is 1. The first-order valence-electron chi connectivity index (χ1n) is 7.14. The van der Waals surface area contributed by atoms with E-state index >= 15 is 0 Å². The molecule has 6 heteroatoms. The first-order valence-corrected chi connectivity index (χ1v) is 7.14. The molecule has 2 amide bonds. The van der Waals surface area contributed by atoms with Crippen LogP contribution in [0.2, 0.25) is 0 Å². The zero-order valence-corrected chi connectivity index (χ0v) is 11.9. The van der Waals surface area contributed by atoms with E-state index in [1.807, 2.05) is 30.3 Å². The number of carboxylic acid groups (broad SMARTS) is 1. The van der Waals surface area contributed by atoms with Gasteiger partial charge in [0.2, 0.25) is 0 Å². The Hall–Kier alpha value is -2.08. The lowest BCUT2D eigenvalue weighted by atomic mass is 10.1. The molecule has 0 spiro atoms. The van der Waals surface area contributed by atoms with Gasteiger partial charge in [0.1, 0.15) is 6.04 Å². The van der Waals surface area contributed by atoms with Crippen LogP contribution in [-0.2, 0) is 11.2 Å². The highest BCUT2D eigenvalue weighted by Crippen LogP contribution is 2.09. The van der Waals surface area contributed by atoms with Crippen LogP contribution >= 0.6 is 0 Å². The van der Waals surface area contributed by atoms with Gasteiger partial charge in [0.15, 0.2) is 0 Å². The van der Waals surface area contributed by atoms with Crippen LogP contribution in [0, 0.1) is 0 Å². The van der Waals surface area contributed by atoms with Crippen molar-refractivity contribution in [3.63, 3.8) is 0 Å². The SMILES string of the molecule is NC1CCCN(C(=O)NC(Cc2ccccc2)C(=O)O)C1. The number of hydrogen-bond donors (Lipinski definition) is 3. The van der Waals surface area contributed by atoms with Crippen molar-refractivity contribution in [1.29, 1.82) is 0 Å². The van der Waals surface area contributed by atoms with Crippen LogP contribution in [0.4, 0.5) is 4.79 Å². The number of carboxylic acids is 1. The molecule has 1 fully saturated rings. The molecule has 114 valence electrons. The molecule has 2 unspecified atom stereocenters. The number of nitrogens with one attached hydrogen (secondary N) is 1. The maximum atomic E-state index is 12.1. The number of carbonyl (C=O) groups excluding carboxylic acids is 1. The number of rotatable bonds is 4. The molecule has 1 aliphatic rings. The molecule has 0 aromatic heterocycles. The molecule has 1 heterocycles. The van der Waals surface area contributed by atoms with Gasteiger partial charge in [-0.1, -0.05) is 30.3 Å². The van der Waals surface area contributed by atoms with E-state index in [0.717, 1.165) is 18.4 Å². The number of likely N-dealkylation sites (tertiary alicyclic amines) is 1. The van der Waals surface area contributed by atoms with E-state index < -0.39 is 12.0 Å². The Kier molecular flexibility index (Phi) is 5.16. The molecule has 2 atom stereocenters. The standard InChI is InChI=1S/C15H21N3O3/c16-12-7-4-8-18(10-12)15(21)17-13(14(19)20)9-11-5-2-1-3-6-11/h1-3,5-6,12-13H,4,7-10,16H2,(H,17,21)(H,19,20). The van der Waals surface area contributed by atoms with Crippen LogP contribution in [-0.4, -0.2) is 47.2 Å². The summed E-state index contributed by atoms with van der Waals surface area (Å²) < 4.78 is 0. The fourth-order valence-corrected chi connectivity index (χ4v) is 2.48. The largest absolute Gasteiger partial charge is 0.480 e. The summed E-state index contributed by atoms with van der Waals surface area (Å²) in [6.45, 7) is 1.10.